The van der Waals surface area contributed by atoms with E-state index in [9.17, 15) is 40.0 Å². The van der Waals surface area contributed by atoms with E-state index < -0.39 is 82.4 Å². The fraction of sp³-hybridized carbons (Fsp3) is 0.118. The molecule has 0 spiro atoms. The summed E-state index contributed by atoms with van der Waals surface area (Å²) < 4.78 is 32.6. The molecule has 6 N–H and O–H groups in total. The van der Waals surface area contributed by atoms with E-state index in [4.69, 9.17) is 18.7 Å². The number of fused-ring (bicyclic) bond motifs is 2. The van der Waals surface area contributed by atoms with Crippen LogP contribution in [0.15, 0.2) is 27.4 Å². The Morgan fingerprint density at radius 1 is 0.969 bits per heavy atom. The van der Waals surface area contributed by atoms with Gasteiger partial charge in [0.05, 0.1) is 0 Å². The first-order chi connectivity index (χ1) is 15.1. The van der Waals surface area contributed by atoms with Crippen molar-refractivity contribution in [3.63, 3.8) is 0 Å². The second-order valence-electron chi connectivity index (χ2n) is 6.71. The molecule has 0 saturated heterocycles. The lowest BCUT2D eigenvalue weighted by atomic mass is 9.99. The van der Waals surface area contributed by atoms with Gasteiger partial charge in [-0.1, -0.05) is 9.35 Å². The van der Waals surface area contributed by atoms with Crippen LogP contribution in [0.4, 0.5) is 0 Å². The number of aliphatic hydroxyl groups excluding tert-OH is 1. The second-order valence-corrected chi connectivity index (χ2v) is 8.08. The molecule has 0 fully saturated rings. The van der Waals surface area contributed by atoms with Crippen molar-refractivity contribution in [3.05, 3.63) is 34.0 Å². The molecule has 3 aromatic rings. The number of phosphoric acid groups is 1. The summed E-state index contributed by atoms with van der Waals surface area (Å²) in [4.78, 5) is 22.9. The highest BCUT2D eigenvalue weighted by atomic mass is 31.2. The monoisotopic (exact) mass is 470 g/mol. The van der Waals surface area contributed by atoms with Gasteiger partial charge in [0.15, 0.2) is 34.3 Å². The number of phenols is 3. The molecule has 8 rings (SSSR count). The van der Waals surface area contributed by atoms with Gasteiger partial charge in [-0.3, -0.25) is 4.79 Å². The van der Waals surface area contributed by atoms with Gasteiger partial charge >= 0.3 is 7.82 Å². The van der Waals surface area contributed by atoms with Gasteiger partial charge in [0.1, 0.15) is 17.6 Å². The molecule has 0 aliphatic carbocycles. The average molecular weight is 470 g/mol. The van der Waals surface area contributed by atoms with Crippen LogP contribution >= 0.6 is 7.82 Å². The molecule has 0 radical (unpaired) electrons. The van der Waals surface area contributed by atoms with Crippen LogP contribution in [0, 0.1) is 0 Å². The number of rotatable bonds is 3. The third-order valence-electron chi connectivity index (χ3n) is 4.67. The lowest BCUT2D eigenvalue weighted by molar-refractivity contribution is -0.208. The van der Waals surface area contributed by atoms with Crippen molar-refractivity contribution >= 4 is 18.8 Å². The maximum absolute atomic E-state index is 13.3. The number of benzene rings is 2. The second kappa shape index (κ2) is 6.49. The fourth-order valence-electron chi connectivity index (χ4n) is 3.21. The quantitative estimate of drug-likeness (QED) is 0.135. The molecule has 0 amide bonds. The van der Waals surface area contributed by atoms with Crippen molar-refractivity contribution in [2.45, 2.75) is 5.79 Å². The number of aliphatic hydroxyl groups is 3. The summed E-state index contributed by atoms with van der Waals surface area (Å²) in [6, 6.07) is 3.30. The summed E-state index contributed by atoms with van der Waals surface area (Å²) in [6.45, 7) is -1.37. The summed E-state index contributed by atoms with van der Waals surface area (Å²) in [6.07, 6.45) is 0. The molecule has 1 unspecified atom stereocenters. The maximum Gasteiger partial charge on any atom is 0.604 e. The lowest BCUT2D eigenvalue weighted by Gasteiger charge is -2.27. The zero-order valence-electron chi connectivity index (χ0n) is 15.3. The predicted octanol–water partition coefficient (Wildman–Crippen LogP) is 0.841. The molecule has 2 aromatic carbocycles. The summed E-state index contributed by atoms with van der Waals surface area (Å²) in [5, 5.41) is 58.9. The highest BCUT2D eigenvalue weighted by Gasteiger charge is 2.48. The first-order valence-corrected chi connectivity index (χ1v) is 10.0. The zero-order chi connectivity index (χ0) is 23.0. The SMILES string of the molecule is O=c1c2c(-c3ccc(O)c(O)c3)oc3c4c(O)c(C(O)(O)CO)c(c13)OOP(=O)(OO2)O4. The van der Waals surface area contributed by atoms with Crippen molar-refractivity contribution in [2.75, 3.05) is 6.61 Å². The third-order valence-corrected chi connectivity index (χ3v) is 5.59. The Morgan fingerprint density at radius 2 is 1.66 bits per heavy atom. The molecule has 5 aliphatic heterocycles. The average Bonchev–Trinajstić information content (AvgIpc) is 2.84. The van der Waals surface area contributed by atoms with Crippen LogP contribution in [0.3, 0.4) is 0 Å². The maximum atomic E-state index is 13.3. The topological polar surface area (TPSA) is 215 Å². The Labute approximate surface area is 175 Å². The standard InChI is InChI=1S/C17H11O14P/c18-4-17(23,24)9-11(22)16-14-8-10(21)15(28-31-32(25,29-16)30-27-13(8)9)12(26-14)5-1-2-6(19)7(20)3-5/h1-3,18-20,22-24H,4H2. The van der Waals surface area contributed by atoms with Crippen LogP contribution in [0.2, 0.25) is 0 Å². The Kier molecular flexibility index (Phi) is 4.14. The summed E-state index contributed by atoms with van der Waals surface area (Å²) >= 11 is 0. The Morgan fingerprint density at radius 3 is 2.31 bits per heavy atom. The molecular weight excluding hydrogens is 459 g/mol. The Bertz CT molecular complexity index is 1410. The Hall–Kier alpha value is -3.52. The smallest absolute Gasteiger partial charge is 0.504 e. The number of aromatic hydroxyl groups is 3. The number of phenolic OH excluding ortho intramolecular Hbond substituents is 3. The van der Waals surface area contributed by atoms with Crippen molar-refractivity contribution < 1.29 is 63.3 Å². The lowest BCUT2D eigenvalue weighted by Crippen LogP contribution is -2.31. The van der Waals surface area contributed by atoms with Crippen LogP contribution < -0.4 is 19.7 Å². The van der Waals surface area contributed by atoms with Gasteiger partial charge in [-0.15, -0.1) is 0 Å². The van der Waals surface area contributed by atoms with Gasteiger partial charge in [0, 0.05) is 5.56 Å². The minimum atomic E-state index is -4.85. The van der Waals surface area contributed by atoms with Crippen molar-refractivity contribution in [2.24, 2.45) is 0 Å². The molecular formula is C17H11O14P. The highest BCUT2D eigenvalue weighted by molar-refractivity contribution is 7.48. The van der Waals surface area contributed by atoms with E-state index in [0.717, 1.165) is 12.1 Å². The van der Waals surface area contributed by atoms with E-state index in [1.54, 1.807) is 0 Å². The van der Waals surface area contributed by atoms with Crippen LogP contribution in [-0.2, 0) is 19.7 Å². The van der Waals surface area contributed by atoms with E-state index in [1.165, 1.54) is 6.07 Å². The van der Waals surface area contributed by atoms with Crippen LogP contribution in [0.5, 0.6) is 34.5 Å². The van der Waals surface area contributed by atoms with Crippen molar-refractivity contribution in [3.8, 4) is 45.8 Å². The van der Waals surface area contributed by atoms with Crippen LogP contribution in [0.25, 0.3) is 22.3 Å². The fourth-order valence-corrected chi connectivity index (χ4v) is 4.02. The summed E-state index contributed by atoms with van der Waals surface area (Å²) in [5.41, 5.74) is -2.67. The van der Waals surface area contributed by atoms with Crippen LogP contribution in [-0.4, -0.2) is 37.2 Å². The van der Waals surface area contributed by atoms with E-state index >= 15 is 0 Å². The van der Waals surface area contributed by atoms with Gasteiger partial charge < -0.3 is 49.4 Å². The molecule has 168 valence electrons. The minimum Gasteiger partial charge on any atom is -0.504 e. The van der Waals surface area contributed by atoms with Gasteiger partial charge in [-0.25, -0.2) is 4.57 Å². The van der Waals surface area contributed by atoms with Crippen molar-refractivity contribution in [1.82, 2.24) is 0 Å². The minimum absolute atomic E-state index is 0.0270. The van der Waals surface area contributed by atoms with E-state index in [2.05, 4.69) is 9.35 Å². The van der Waals surface area contributed by atoms with E-state index in [1.807, 2.05) is 0 Å². The van der Waals surface area contributed by atoms with E-state index in [0.29, 0.717) is 0 Å². The predicted molar refractivity (Wildman–Crippen MR) is 97.8 cm³/mol. The number of hydrogen-bond acceptors (Lipinski definition) is 14. The molecule has 32 heavy (non-hydrogen) atoms. The van der Waals surface area contributed by atoms with Crippen molar-refractivity contribution in [1.29, 1.82) is 0 Å². The van der Waals surface area contributed by atoms with Crippen LogP contribution in [0.1, 0.15) is 5.56 Å². The summed E-state index contributed by atoms with van der Waals surface area (Å²) in [5.74, 6) is -8.29. The molecule has 6 bridgehead atoms. The molecule has 1 atom stereocenters. The van der Waals surface area contributed by atoms with E-state index in [-0.39, 0.29) is 5.56 Å². The van der Waals surface area contributed by atoms with Gasteiger partial charge in [-0.2, -0.15) is 0 Å². The first kappa shape index (κ1) is 20.4. The first-order valence-electron chi connectivity index (χ1n) is 8.56. The highest BCUT2D eigenvalue weighted by Crippen LogP contribution is 2.61. The Balaban J connectivity index is 1.97. The normalized spacial score (nSPS) is 19.2. The molecule has 1 aromatic heterocycles. The molecule has 15 heteroatoms. The van der Waals surface area contributed by atoms with Gasteiger partial charge in [0.25, 0.3) is 5.75 Å². The molecule has 14 nitrogen and oxygen atoms in total. The zero-order valence-corrected chi connectivity index (χ0v) is 16.2. The third kappa shape index (κ3) is 2.72. The van der Waals surface area contributed by atoms with Gasteiger partial charge in [-0.05, 0) is 18.2 Å². The largest absolute Gasteiger partial charge is 0.604 e. The molecule has 0 saturated carbocycles. The van der Waals surface area contributed by atoms with Gasteiger partial charge in [0.2, 0.25) is 17.0 Å². The number of hydrogen-bond donors (Lipinski definition) is 6. The molecule has 6 heterocycles. The molecule has 5 aliphatic rings. The summed E-state index contributed by atoms with van der Waals surface area (Å²) in [7, 11) is -4.85.